The van der Waals surface area contributed by atoms with Crippen LogP contribution < -0.4 is 0 Å². The molecule has 1 amide bonds. The molecular weight excluding hydrogens is 310 g/mol. The Morgan fingerprint density at radius 2 is 2.11 bits per heavy atom. The lowest BCUT2D eigenvalue weighted by atomic mass is 10.2. The van der Waals surface area contributed by atoms with Gasteiger partial charge in [-0.3, -0.25) is 4.79 Å². The van der Waals surface area contributed by atoms with E-state index in [4.69, 9.17) is 0 Å². The minimum absolute atomic E-state index is 0.225. The van der Waals surface area contributed by atoms with Gasteiger partial charge in [-0.2, -0.15) is 0 Å². The third kappa shape index (κ3) is 2.97. The van der Waals surface area contributed by atoms with Gasteiger partial charge in [0.15, 0.2) is 0 Å². The van der Waals surface area contributed by atoms with Crippen LogP contribution in [-0.4, -0.2) is 28.7 Å². The lowest BCUT2D eigenvalue weighted by Crippen LogP contribution is -2.39. The molecule has 1 aromatic rings. The number of carbonyl (C=O) groups excluding carboxylic acids is 1. The molecule has 1 saturated carbocycles. The molecule has 0 N–H and O–H groups in total. The minimum atomic E-state index is 0.225. The van der Waals surface area contributed by atoms with Crippen molar-refractivity contribution >= 4 is 33.2 Å². The highest BCUT2D eigenvalue weighted by Gasteiger charge is 2.27. The number of hydrogen-bond donors (Lipinski definition) is 0. The zero-order valence-electron chi connectivity index (χ0n) is 11.0. The van der Waals surface area contributed by atoms with E-state index in [9.17, 15) is 4.79 Å². The first-order valence-corrected chi connectivity index (χ1v) is 8.51. The van der Waals surface area contributed by atoms with Crippen molar-refractivity contribution in [2.45, 2.75) is 45.6 Å². The van der Waals surface area contributed by atoms with Crippen LogP contribution in [0.25, 0.3) is 0 Å². The SMILES string of the molecule is Cc1cc(C(=O)N(CCBr)C2CCCC2)sc1C. The van der Waals surface area contributed by atoms with E-state index in [0.717, 1.165) is 16.8 Å². The number of alkyl halides is 1. The molecule has 0 unspecified atom stereocenters. The monoisotopic (exact) mass is 329 g/mol. The smallest absolute Gasteiger partial charge is 0.264 e. The van der Waals surface area contributed by atoms with Gasteiger partial charge in [0.1, 0.15) is 0 Å². The summed E-state index contributed by atoms with van der Waals surface area (Å²) in [5, 5.41) is 0.860. The number of aryl methyl sites for hydroxylation is 2. The van der Waals surface area contributed by atoms with Gasteiger partial charge in [-0.05, 0) is 38.3 Å². The van der Waals surface area contributed by atoms with E-state index in [1.54, 1.807) is 11.3 Å². The zero-order chi connectivity index (χ0) is 13.1. The quantitative estimate of drug-likeness (QED) is 0.760. The van der Waals surface area contributed by atoms with Gasteiger partial charge in [-0.1, -0.05) is 28.8 Å². The third-order valence-electron chi connectivity index (χ3n) is 3.73. The number of rotatable bonds is 4. The van der Waals surface area contributed by atoms with Crippen LogP contribution in [0.1, 0.15) is 45.8 Å². The number of thiophene rings is 1. The molecule has 0 aromatic carbocycles. The summed E-state index contributed by atoms with van der Waals surface area (Å²) in [6.07, 6.45) is 4.86. The predicted octanol–water partition coefficient (Wildman–Crippen LogP) is 4.14. The molecule has 18 heavy (non-hydrogen) atoms. The molecule has 1 aromatic heterocycles. The third-order valence-corrected chi connectivity index (χ3v) is 5.22. The first kappa shape index (κ1) is 14.1. The summed E-state index contributed by atoms with van der Waals surface area (Å²) in [4.78, 5) is 16.8. The van der Waals surface area contributed by atoms with Crippen molar-refractivity contribution in [2.24, 2.45) is 0 Å². The summed E-state index contributed by atoms with van der Waals surface area (Å²) in [5.41, 5.74) is 1.23. The van der Waals surface area contributed by atoms with Gasteiger partial charge < -0.3 is 4.90 Å². The van der Waals surface area contributed by atoms with Crippen LogP contribution in [0.5, 0.6) is 0 Å². The topological polar surface area (TPSA) is 20.3 Å². The molecule has 0 radical (unpaired) electrons. The Labute approximate surface area is 122 Å². The number of amides is 1. The second-order valence-corrected chi connectivity index (χ2v) is 7.02. The molecule has 1 fully saturated rings. The Morgan fingerprint density at radius 3 is 2.61 bits per heavy atom. The molecule has 100 valence electrons. The van der Waals surface area contributed by atoms with E-state index in [-0.39, 0.29) is 5.91 Å². The standard InChI is InChI=1S/C14H20BrNOS/c1-10-9-13(18-11(10)2)14(17)16(8-7-15)12-5-3-4-6-12/h9,12H,3-8H2,1-2H3. The summed E-state index contributed by atoms with van der Waals surface area (Å²) in [5.74, 6) is 0.225. The normalized spacial score (nSPS) is 16.2. The lowest BCUT2D eigenvalue weighted by Gasteiger charge is -2.27. The van der Waals surface area contributed by atoms with Gasteiger partial charge in [-0.25, -0.2) is 0 Å². The largest absolute Gasteiger partial charge is 0.334 e. The molecule has 0 aliphatic heterocycles. The van der Waals surface area contributed by atoms with Gasteiger partial charge in [0, 0.05) is 22.8 Å². The van der Waals surface area contributed by atoms with E-state index in [1.165, 1.54) is 36.1 Å². The van der Waals surface area contributed by atoms with Crippen LogP contribution >= 0.6 is 27.3 Å². The highest BCUT2D eigenvalue weighted by molar-refractivity contribution is 9.09. The Balaban J connectivity index is 2.16. The molecular formula is C14H20BrNOS. The van der Waals surface area contributed by atoms with Gasteiger partial charge in [0.25, 0.3) is 5.91 Å². The fourth-order valence-corrected chi connectivity index (χ4v) is 3.95. The average molecular weight is 330 g/mol. The predicted molar refractivity (Wildman–Crippen MR) is 80.9 cm³/mol. The van der Waals surface area contributed by atoms with Crippen molar-refractivity contribution in [2.75, 3.05) is 11.9 Å². The first-order chi connectivity index (χ1) is 8.63. The van der Waals surface area contributed by atoms with Crippen LogP contribution in [0.2, 0.25) is 0 Å². The molecule has 4 heteroatoms. The van der Waals surface area contributed by atoms with Crippen LogP contribution in [0.15, 0.2) is 6.07 Å². The second kappa shape index (κ2) is 6.20. The maximum Gasteiger partial charge on any atom is 0.264 e. The highest BCUT2D eigenvalue weighted by atomic mass is 79.9. The summed E-state index contributed by atoms with van der Waals surface area (Å²) in [6, 6.07) is 2.50. The summed E-state index contributed by atoms with van der Waals surface area (Å²) in [7, 11) is 0. The van der Waals surface area contributed by atoms with Gasteiger partial charge in [0.05, 0.1) is 4.88 Å². The van der Waals surface area contributed by atoms with Gasteiger partial charge >= 0.3 is 0 Å². The van der Waals surface area contributed by atoms with Gasteiger partial charge in [0.2, 0.25) is 0 Å². The maximum atomic E-state index is 12.6. The summed E-state index contributed by atoms with van der Waals surface area (Å²) in [6.45, 7) is 4.98. The van der Waals surface area contributed by atoms with Crippen LogP contribution in [0.4, 0.5) is 0 Å². The van der Waals surface area contributed by atoms with Gasteiger partial charge in [-0.15, -0.1) is 11.3 Å². The van der Waals surface area contributed by atoms with Crippen molar-refractivity contribution in [3.8, 4) is 0 Å². The number of hydrogen-bond acceptors (Lipinski definition) is 2. The minimum Gasteiger partial charge on any atom is -0.334 e. The second-order valence-electron chi connectivity index (χ2n) is 4.98. The Bertz CT molecular complexity index is 404. The van der Waals surface area contributed by atoms with Crippen LogP contribution in [0.3, 0.4) is 0 Å². The van der Waals surface area contributed by atoms with Crippen molar-refractivity contribution < 1.29 is 4.79 Å². The Hall–Kier alpha value is -0.350. The van der Waals surface area contributed by atoms with Crippen molar-refractivity contribution in [3.63, 3.8) is 0 Å². The fraction of sp³-hybridized carbons (Fsp3) is 0.643. The molecule has 0 atom stereocenters. The van der Waals surface area contributed by atoms with E-state index in [2.05, 4.69) is 34.7 Å². The zero-order valence-corrected chi connectivity index (χ0v) is 13.4. The summed E-state index contributed by atoms with van der Waals surface area (Å²) >= 11 is 5.10. The van der Waals surface area contributed by atoms with Crippen LogP contribution in [-0.2, 0) is 0 Å². The van der Waals surface area contributed by atoms with Crippen molar-refractivity contribution in [3.05, 3.63) is 21.4 Å². The first-order valence-electron chi connectivity index (χ1n) is 6.57. The number of nitrogens with zero attached hydrogens (tertiary/aromatic N) is 1. The van der Waals surface area contributed by atoms with E-state index < -0.39 is 0 Å². The molecule has 1 aliphatic rings. The molecule has 0 spiro atoms. The van der Waals surface area contributed by atoms with E-state index in [1.807, 2.05) is 6.07 Å². The summed E-state index contributed by atoms with van der Waals surface area (Å²) < 4.78 is 0. The average Bonchev–Trinajstić information content (AvgIpc) is 2.97. The maximum absolute atomic E-state index is 12.6. The molecule has 1 aliphatic carbocycles. The van der Waals surface area contributed by atoms with E-state index in [0.29, 0.717) is 6.04 Å². The molecule has 2 rings (SSSR count). The number of carbonyl (C=O) groups is 1. The molecule has 2 nitrogen and oxygen atoms in total. The number of halogens is 1. The Kier molecular flexibility index (Phi) is 4.84. The molecule has 0 saturated heterocycles. The molecule has 1 heterocycles. The highest BCUT2D eigenvalue weighted by Crippen LogP contribution is 2.28. The molecule has 0 bridgehead atoms. The van der Waals surface area contributed by atoms with Crippen molar-refractivity contribution in [1.29, 1.82) is 0 Å². The lowest BCUT2D eigenvalue weighted by molar-refractivity contribution is 0.0701. The fourth-order valence-electron chi connectivity index (χ4n) is 2.58. The Morgan fingerprint density at radius 1 is 1.44 bits per heavy atom. The van der Waals surface area contributed by atoms with E-state index >= 15 is 0 Å². The van der Waals surface area contributed by atoms with Crippen molar-refractivity contribution in [1.82, 2.24) is 4.90 Å². The van der Waals surface area contributed by atoms with Crippen LogP contribution in [0, 0.1) is 13.8 Å².